The van der Waals surface area contributed by atoms with Crippen molar-refractivity contribution in [3.63, 3.8) is 0 Å². The van der Waals surface area contributed by atoms with Crippen LogP contribution in [0.1, 0.15) is 98.8 Å². The highest BCUT2D eigenvalue weighted by molar-refractivity contribution is 7.97. The Labute approximate surface area is 618 Å². The number of nitrogens with zero attached hydrogens (tertiary/aromatic N) is 6. The second kappa shape index (κ2) is 39.4. The molecule has 0 heterocycles. The third-order valence-electron chi connectivity index (χ3n) is 16.0. The van der Waals surface area contributed by atoms with Gasteiger partial charge in [0.1, 0.15) is 80.9 Å². The van der Waals surface area contributed by atoms with Gasteiger partial charge in [-0.25, -0.2) is 28.8 Å². The van der Waals surface area contributed by atoms with E-state index < -0.39 is 167 Å². The largest absolute Gasteiger partial charge is 0.461 e. The van der Waals surface area contributed by atoms with Crippen molar-refractivity contribution in [1.82, 2.24) is 49.5 Å². The van der Waals surface area contributed by atoms with Crippen molar-refractivity contribution in [3.05, 3.63) is 95.6 Å². The number of halogens is 3. The van der Waals surface area contributed by atoms with Crippen molar-refractivity contribution < 1.29 is 90.8 Å². The number of hydrogen-bond donors (Lipinski definition) is 4. The third kappa shape index (κ3) is 25.9. The van der Waals surface area contributed by atoms with Gasteiger partial charge in [-0.2, -0.15) is 0 Å². The molecule has 3 aromatic carbocycles. The highest BCUT2D eigenvalue weighted by Gasteiger charge is 2.43. The summed E-state index contributed by atoms with van der Waals surface area (Å²) in [7, 11) is 7.94. The smallest absolute Gasteiger partial charge is 0.408 e. The highest BCUT2D eigenvalue weighted by atomic mass is 35.6. The van der Waals surface area contributed by atoms with E-state index in [-0.39, 0.29) is 30.6 Å². The Balaban J connectivity index is 1.65. The maximum Gasteiger partial charge on any atom is 0.408 e. The van der Waals surface area contributed by atoms with E-state index in [4.69, 9.17) is 63.2 Å². The number of carbonyl (C=O) groups is 13. The van der Waals surface area contributed by atoms with Gasteiger partial charge in [-0.1, -0.05) is 141 Å². The lowest BCUT2D eigenvalue weighted by Gasteiger charge is -2.37. The van der Waals surface area contributed by atoms with E-state index in [0.717, 1.165) is 65.7 Å². The van der Waals surface area contributed by atoms with Crippen molar-refractivity contribution in [1.29, 1.82) is 0 Å². The quantitative estimate of drug-likeness (QED) is 0.0219. The molecule has 0 aliphatic heterocycles. The summed E-state index contributed by atoms with van der Waals surface area (Å²) in [5, 5.41) is 9.72. The summed E-state index contributed by atoms with van der Waals surface area (Å²) in [6.07, 6.45) is -3.17. The van der Waals surface area contributed by atoms with E-state index in [2.05, 4.69) is 21.3 Å². The lowest BCUT2D eigenvalue weighted by atomic mass is 9.98. The summed E-state index contributed by atoms with van der Waals surface area (Å²) in [4.78, 5) is 184. The number of esters is 3. The predicted molar refractivity (Wildman–Crippen MR) is 383 cm³/mol. The summed E-state index contributed by atoms with van der Waals surface area (Å²) in [5.74, 6) is -11.1. The minimum atomic E-state index is -2.08. The zero-order valence-electron chi connectivity index (χ0n) is 60.2. The van der Waals surface area contributed by atoms with Gasteiger partial charge in [-0.3, -0.25) is 42.2 Å². The molecule has 0 saturated heterocycles. The van der Waals surface area contributed by atoms with Gasteiger partial charge in [0, 0.05) is 73.6 Å². The van der Waals surface area contributed by atoms with E-state index in [1.807, 2.05) is 48.5 Å². The standard InChI is InChI=1S/C68H93Cl3N10O19S2/c1-38(2)54(78(14)60(88)53(36-102-81(17)43(8)83)77(13)58(86)41(6)73-66(94)100-67(9,10)11)62(90)95-33-50(74-64(92)98-32-49-47-29-23-21-27-45(47)46-28-22-24-30-48(46)49)56(84)72-40(5)57(85)76(12)52(35-101-80(16)42(7)82)59(87)79(15)55(39(3)4)63(91)96-34-51(61(89)99-37-68(69,70)71)75-65(93)97-31-44-25-19-18-20-26-44/h18-30,38-41,49-55H,31-37H2,1-17H3,(H,72,84)(H,73,94)(H,74,92)(H,75,93)/t40-,41-,50+,51+,52-,53-,54-,55-/m0/s1. The molecule has 8 atom stereocenters. The molecule has 102 heavy (non-hydrogen) atoms. The minimum absolute atomic E-state index is 0.213. The molecule has 4 rings (SSSR count). The third-order valence-corrected chi connectivity index (χ3v) is 18.5. The number of nitrogens with one attached hydrogen (secondary N) is 4. The van der Waals surface area contributed by atoms with Crippen LogP contribution in [0.15, 0.2) is 78.9 Å². The first-order valence-electron chi connectivity index (χ1n) is 32.3. The van der Waals surface area contributed by atoms with Crippen LogP contribution < -0.4 is 21.3 Å². The molecule has 1 aliphatic carbocycles. The predicted octanol–water partition coefficient (Wildman–Crippen LogP) is 6.48. The van der Waals surface area contributed by atoms with Crippen molar-refractivity contribution in [2.45, 2.75) is 146 Å². The molecule has 0 bridgehead atoms. The molecule has 3 aromatic rings. The SMILES string of the molecule is CC(=O)N(C)SC[C@@H](C(=O)N(C)[C@H](C(=O)OC[C@@H](NC(=O)OCC1c2ccccc2-c2ccccc21)C(=O)N[C@@H](C)C(=O)N(C)[C@@H](CSN(C)C(C)=O)C(=O)N(C)[C@H](C(=O)OC[C@@H](NC(=O)OCc1ccccc1)C(=O)OCC(Cl)(Cl)Cl)C(C)C)C(C)C)N(C)C(=O)[C@H](C)NC(=O)OC(C)(C)C. The molecule has 0 radical (unpaired) electrons. The second-order valence-electron chi connectivity index (χ2n) is 25.7. The van der Waals surface area contributed by atoms with Crippen molar-refractivity contribution in [2.24, 2.45) is 11.8 Å². The summed E-state index contributed by atoms with van der Waals surface area (Å²) in [5.41, 5.74) is 3.27. The molecule has 34 heteroatoms. The van der Waals surface area contributed by atoms with Crippen molar-refractivity contribution in [2.75, 3.05) is 80.2 Å². The fraction of sp³-hybridized carbons (Fsp3) is 0.544. The van der Waals surface area contributed by atoms with Gasteiger partial charge in [-0.15, -0.1) is 0 Å². The Morgan fingerprint density at radius 3 is 1.32 bits per heavy atom. The van der Waals surface area contributed by atoms with Gasteiger partial charge in [-0.05, 0) is 98.2 Å². The monoisotopic (exact) mass is 1520 g/mol. The lowest BCUT2D eigenvalue weighted by Crippen LogP contribution is -2.60. The Kier molecular flexibility index (Phi) is 33.3. The molecular weight excluding hydrogens is 1430 g/mol. The average Bonchev–Trinajstić information content (AvgIpc) is 1.61. The van der Waals surface area contributed by atoms with E-state index in [1.165, 1.54) is 78.6 Å². The zero-order chi connectivity index (χ0) is 76.8. The maximum atomic E-state index is 14.9. The first-order valence-corrected chi connectivity index (χ1v) is 35.3. The minimum Gasteiger partial charge on any atom is -0.461 e. The molecule has 0 aromatic heterocycles. The van der Waals surface area contributed by atoms with Crippen LogP contribution in [-0.2, 0) is 83.0 Å². The van der Waals surface area contributed by atoms with Crippen LogP contribution in [0.2, 0.25) is 0 Å². The van der Waals surface area contributed by atoms with Crippen LogP contribution in [0, 0.1) is 11.8 Å². The van der Waals surface area contributed by atoms with E-state index in [0.29, 0.717) is 5.56 Å². The molecule has 10 amide bonds. The Morgan fingerprint density at radius 2 is 0.892 bits per heavy atom. The first kappa shape index (κ1) is 86.1. The molecule has 4 N–H and O–H groups in total. The number of alkyl halides is 3. The fourth-order valence-electron chi connectivity index (χ4n) is 10.4. The van der Waals surface area contributed by atoms with Gasteiger partial charge < -0.3 is 69.3 Å². The van der Waals surface area contributed by atoms with Gasteiger partial charge in [0.15, 0.2) is 6.04 Å². The topological polar surface area (TPSA) is 345 Å². The van der Waals surface area contributed by atoms with Crippen LogP contribution in [0.25, 0.3) is 11.1 Å². The fourth-order valence-corrected chi connectivity index (χ4v) is 12.4. The van der Waals surface area contributed by atoms with Crippen LogP contribution in [0.3, 0.4) is 0 Å². The first-order chi connectivity index (χ1) is 47.6. The average molecular weight is 1530 g/mol. The normalized spacial score (nSPS) is 14.2. The number of likely N-dealkylation sites (N-methyl/N-ethyl adjacent to an activating group) is 4. The zero-order valence-corrected chi connectivity index (χ0v) is 64.1. The number of amides is 10. The number of benzene rings is 3. The highest BCUT2D eigenvalue weighted by Crippen LogP contribution is 2.44. The Morgan fingerprint density at radius 1 is 0.480 bits per heavy atom. The van der Waals surface area contributed by atoms with Gasteiger partial charge >= 0.3 is 36.2 Å². The molecule has 0 fully saturated rings. The van der Waals surface area contributed by atoms with Crippen molar-refractivity contribution in [3.8, 4) is 11.1 Å². The second-order valence-corrected chi connectivity index (χ2v) is 30.5. The molecule has 0 unspecified atom stereocenters. The van der Waals surface area contributed by atoms with E-state index in [1.54, 1.807) is 78.8 Å². The van der Waals surface area contributed by atoms with Gasteiger partial charge in [0.05, 0.1) is 0 Å². The molecule has 0 saturated carbocycles. The van der Waals surface area contributed by atoms with Crippen LogP contribution in [0.4, 0.5) is 14.4 Å². The number of hydrogen-bond acceptors (Lipinski definition) is 21. The molecular formula is C68H93Cl3N10O19S2. The number of fused-ring (bicyclic) bond motifs is 3. The number of alkyl carbamates (subject to hydrolysis) is 3. The van der Waals surface area contributed by atoms with Crippen molar-refractivity contribution >= 4 is 136 Å². The van der Waals surface area contributed by atoms with Crippen LogP contribution in [-0.4, -0.2) is 244 Å². The Bertz CT molecular complexity index is 3430. The van der Waals surface area contributed by atoms with Gasteiger partial charge in [0.2, 0.25) is 45.1 Å². The number of carbonyl (C=O) groups excluding carboxylic acids is 13. The molecule has 1 aliphatic rings. The summed E-state index contributed by atoms with van der Waals surface area (Å²) in [6.45, 7) is 13.4. The maximum absolute atomic E-state index is 14.9. The molecule has 29 nitrogen and oxygen atoms in total. The van der Waals surface area contributed by atoms with Crippen LogP contribution >= 0.6 is 58.7 Å². The lowest BCUT2D eigenvalue weighted by molar-refractivity contribution is -0.161. The number of ether oxygens (including phenoxy) is 6. The van der Waals surface area contributed by atoms with E-state index in [9.17, 15) is 62.3 Å². The van der Waals surface area contributed by atoms with Gasteiger partial charge in [0.25, 0.3) is 0 Å². The Hall–Kier alpha value is -8.26. The summed E-state index contributed by atoms with van der Waals surface area (Å²) in [6, 6.07) is 11.4. The van der Waals surface area contributed by atoms with E-state index >= 15 is 0 Å². The van der Waals surface area contributed by atoms with Crippen LogP contribution in [0.5, 0.6) is 0 Å². The summed E-state index contributed by atoms with van der Waals surface area (Å²) >= 11 is 19.2. The number of rotatable bonds is 33. The molecule has 562 valence electrons. The summed E-state index contributed by atoms with van der Waals surface area (Å²) < 4.78 is 33.2. The molecule has 0 spiro atoms.